The average molecular weight is 412 g/mol. The zero-order chi connectivity index (χ0) is 19.3. The van der Waals surface area contributed by atoms with Crippen LogP contribution in [0.5, 0.6) is 17.2 Å². The molecule has 0 amide bonds. The Bertz CT molecular complexity index is 991. The summed E-state index contributed by atoms with van der Waals surface area (Å²) in [6.45, 7) is 1.34. The van der Waals surface area contributed by atoms with Crippen LogP contribution in [0.25, 0.3) is 0 Å². The molecule has 4 nitrogen and oxygen atoms in total. The fraction of sp³-hybridized carbons (Fsp3) is 0.136. The number of hydrogen-bond donors (Lipinski definition) is 1. The molecule has 1 N–H and O–H groups in total. The molecule has 6 heteroatoms. The van der Waals surface area contributed by atoms with Gasteiger partial charge in [0.2, 0.25) is 6.79 Å². The summed E-state index contributed by atoms with van der Waals surface area (Å²) >= 11 is 11.4. The number of rotatable bonds is 6. The SMILES string of the molecule is S=C(NCc1ccc2c(c1)OCO2)c1cccc(OCc2ccc(Cl)cc2)c1. The lowest BCUT2D eigenvalue weighted by molar-refractivity contribution is 0.174. The maximum atomic E-state index is 5.91. The monoisotopic (exact) mass is 411 g/mol. The third-order valence-corrected chi connectivity index (χ3v) is 4.94. The summed E-state index contributed by atoms with van der Waals surface area (Å²) < 4.78 is 16.6. The van der Waals surface area contributed by atoms with Crippen molar-refractivity contribution in [2.75, 3.05) is 6.79 Å². The Kier molecular flexibility index (Phi) is 5.65. The van der Waals surface area contributed by atoms with E-state index in [1.54, 1.807) is 0 Å². The molecule has 1 heterocycles. The molecule has 0 aromatic heterocycles. The van der Waals surface area contributed by atoms with E-state index >= 15 is 0 Å². The number of benzene rings is 3. The van der Waals surface area contributed by atoms with Crippen molar-refractivity contribution in [3.8, 4) is 17.2 Å². The van der Waals surface area contributed by atoms with Crippen LogP contribution in [0.4, 0.5) is 0 Å². The Hall–Kier alpha value is -2.76. The summed E-state index contributed by atoms with van der Waals surface area (Å²) in [5.74, 6) is 2.30. The van der Waals surface area contributed by atoms with Crippen molar-refractivity contribution in [1.29, 1.82) is 0 Å². The lowest BCUT2D eigenvalue weighted by Gasteiger charge is -2.11. The van der Waals surface area contributed by atoms with Gasteiger partial charge in [-0.25, -0.2) is 0 Å². The summed E-state index contributed by atoms with van der Waals surface area (Å²) in [6, 6.07) is 21.2. The van der Waals surface area contributed by atoms with Crippen molar-refractivity contribution in [1.82, 2.24) is 5.32 Å². The topological polar surface area (TPSA) is 39.7 Å². The highest BCUT2D eigenvalue weighted by Crippen LogP contribution is 2.32. The first kappa shape index (κ1) is 18.6. The molecule has 0 saturated heterocycles. The molecule has 4 rings (SSSR count). The van der Waals surface area contributed by atoms with E-state index in [1.165, 1.54) is 0 Å². The van der Waals surface area contributed by atoms with Crippen LogP contribution >= 0.6 is 23.8 Å². The van der Waals surface area contributed by atoms with Crippen molar-refractivity contribution in [2.45, 2.75) is 13.2 Å². The maximum absolute atomic E-state index is 5.91. The largest absolute Gasteiger partial charge is 0.489 e. The fourth-order valence-electron chi connectivity index (χ4n) is 2.81. The Morgan fingerprint density at radius 1 is 0.964 bits per heavy atom. The molecule has 0 saturated carbocycles. The molecule has 0 aliphatic carbocycles. The predicted octanol–water partition coefficient (Wildman–Crippen LogP) is 5.11. The number of halogens is 1. The number of ether oxygens (including phenoxy) is 3. The van der Waals surface area contributed by atoms with E-state index < -0.39 is 0 Å². The van der Waals surface area contributed by atoms with Crippen molar-refractivity contribution in [2.24, 2.45) is 0 Å². The van der Waals surface area contributed by atoms with Crippen LogP contribution in [-0.4, -0.2) is 11.8 Å². The van der Waals surface area contributed by atoms with Crippen LogP contribution < -0.4 is 19.5 Å². The molecule has 28 heavy (non-hydrogen) atoms. The maximum Gasteiger partial charge on any atom is 0.231 e. The molecule has 0 fully saturated rings. The minimum atomic E-state index is 0.271. The number of nitrogens with one attached hydrogen (secondary N) is 1. The molecule has 0 radical (unpaired) electrons. The van der Waals surface area contributed by atoms with E-state index in [9.17, 15) is 0 Å². The molecule has 1 aliphatic rings. The van der Waals surface area contributed by atoms with Gasteiger partial charge in [0.15, 0.2) is 11.5 Å². The molecule has 142 valence electrons. The quantitative estimate of drug-likeness (QED) is 0.570. The van der Waals surface area contributed by atoms with E-state index in [0.717, 1.165) is 33.9 Å². The lowest BCUT2D eigenvalue weighted by Crippen LogP contribution is -2.21. The third kappa shape index (κ3) is 4.55. The van der Waals surface area contributed by atoms with Crippen LogP contribution in [0.15, 0.2) is 66.7 Å². The minimum Gasteiger partial charge on any atom is -0.489 e. The number of hydrogen-bond acceptors (Lipinski definition) is 4. The van der Waals surface area contributed by atoms with Gasteiger partial charge in [-0.3, -0.25) is 0 Å². The molecular weight excluding hydrogens is 394 g/mol. The van der Waals surface area contributed by atoms with Gasteiger partial charge in [0.25, 0.3) is 0 Å². The second kappa shape index (κ2) is 8.50. The zero-order valence-corrected chi connectivity index (χ0v) is 16.6. The summed E-state index contributed by atoms with van der Waals surface area (Å²) in [6.07, 6.45) is 0. The summed E-state index contributed by atoms with van der Waals surface area (Å²) in [5.41, 5.74) is 3.03. The van der Waals surface area contributed by atoms with Crippen LogP contribution in [0.1, 0.15) is 16.7 Å². The molecule has 0 unspecified atom stereocenters. The zero-order valence-electron chi connectivity index (χ0n) is 15.0. The number of thiocarbonyl (C=S) groups is 1. The van der Waals surface area contributed by atoms with E-state index in [1.807, 2.05) is 66.7 Å². The highest BCUT2D eigenvalue weighted by atomic mass is 35.5. The van der Waals surface area contributed by atoms with Crippen molar-refractivity contribution < 1.29 is 14.2 Å². The molecule has 1 aliphatic heterocycles. The lowest BCUT2D eigenvalue weighted by atomic mass is 10.1. The summed E-state index contributed by atoms with van der Waals surface area (Å²) in [7, 11) is 0. The van der Waals surface area contributed by atoms with Crippen molar-refractivity contribution in [3.63, 3.8) is 0 Å². The Balaban J connectivity index is 1.35. The van der Waals surface area contributed by atoms with Gasteiger partial charge in [-0.15, -0.1) is 0 Å². The third-order valence-electron chi connectivity index (χ3n) is 4.31. The van der Waals surface area contributed by atoms with Crippen LogP contribution in [0.2, 0.25) is 5.02 Å². The first-order chi connectivity index (χ1) is 13.7. The van der Waals surface area contributed by atoms with E-state index in [0.29, 0.717) is 23.2 Å². The molecule has 3 aromatic rings. The average Bonchev–Trinajstić information content (AvgIpc) is 3.20. The Morgan fingerprint density at radius 2 is 1.75 bits per heavy atom. The van der Waals surface area contributed by atoms with E-state index in [2.05, 4.69) is 5.32 Å². The van der Waals surface area contributed by atoms with Gasteiger partial charge in [-0.2, -0.15) is 0 Å². The molecule has 0 spiro atoms. The van der Waals surface area contributed by atoms with Gasteiger partial charge < -0.3 is 19.5 Å². The highest BCUT2D eigenvalue weighted by molar-refractivity contribution is 7.80. The first-order valence-corrected chi connectivity index (χ1v) is 9.60. The van der Waals surface area contributed by atoms with Gasteiger partial charge in [0.1, 0.15) is 17.3 Å². The van der Waals surface area contributed by atoms with Gasteiger partial charge in [0.05, 0.1) is 0 Å². The summed E-state index contributed by atoms with van der Waals surface area (Å²) in [4.78, 5) is 0.662. The molecule has 0 atom stereocenters. The minimum absolute atomic E-state index is 0.271. The number of fused-ring (bicyclic) bond motifs is 1. The van der Waals surface area contributed by atoms with Crippen LogP contribution in [0.3, 0.4) is 0 Å². The second-order valence-corrected chi connectivity index (χ2v) is 7.16. The van der Waals surface area contributed by atoms with Gasteiger partial charge in [-0.05, 0) is 47.5 Å². The normalized spacial score (nSPS) is 11.9. The predicted molar refractivity (Wildman–Crippen MR) is 113 cm³/mol. The standard InChI is InChI=1S/C22H18ClNO3S/c23-18-7-4-15(5-8-18)13-25-19-3-1-2-17(11-19)22(28)24-12-16-6-9-20-21(10-16)27-14-26-20/h1-11H,12-14H2,(H,24,28). The van der Waals surface area contributed by atoms with Gasteiger partial charge in [-0.1, -0.05) is 54.2 Å². The fourth-order valence-corrected chi connectivity index (χ4v) is 3.13. The smallest absolute Gasteiger partial charge is 0.231 e. The molecule has 3 aromatic carbocycles. The van der Waals surface area contributed by atoms with Crippen LogP contribution in [0, 0.1) is 0 Å². The van der Waals surface area contributed by atoms with Crippen molar-refractivity contribution >= 4 is 28.8 Å². The summed E-state index contributed by atoms with van der Waals surface area (Å²) in [5, 5.41) is 3.99. The molecule has 0 bridgehead atoms. The van der Waals surface area contributed by atoms with Crippen LogP contribution in [-0.2, 0) is 13.2 Å². The highest BCUT2D eigenvalue weighted by Gasteiger charge is 2.13. The van der Waals surface area contributed by atoms with E-state index in [4.69, 9.17) is 38.0 Å². The van der Waals surface area contributed by atoms with E-state index in [-0.39, 0.29) is 6.79 Å². The van der Waals surface area contributed by atoms with Gasteiger partial charge in [0, 0.05) is 17.1 Å². The molecular formula is C22H18ClNO3S. The Morgan fingerprint density at radius 3 is 2.61 bits per heavy atom. The second-order valence-electron chi connectivity index (χ2n) is 6.31. The Labute approximate surface area is 174 Å². The van der Waals surface area contributed by atoms with Crippen molar-refractivity contribution in [3.05, 3.63) is 88.4 Å². The van der Waals surface area contributed by atoms with Gasteiger partial charge >= 0.3 is 0 Å². The first-order valence-electron chi connectivity index (χ1n) is 8.81.